The van der Waals surface area contributed by atoms with Gasteiger partial charge in [-0.05, 0) is 25.0 Å². The van der Waals surface area contributed by atoms with Crippen molar-refractivity contribution in [3.63, 3.8) is 0 Å². The molecular weight excluding hydrogens is 387 g/mol. The molecule has 2 aliphatic rings. The first-order valence-electron chi connectivity index (χ1n) is 8.74. The van der Waals surface area contributed by atoms with Crippen LogP contribution in [-0.4, -0.2) is 49.1 Å². The topological polar surface area (TPSA) is 91.9 Å². The van der Waals surface area contributed by atoms with E-state index in [9.17, 15) is 0 Å². The number of hydrogen-bond donors (Lipinski definition) is 2. The maximum atomic E-state index is 6.59. The second kappa shape index (κ2) is 7.50. The summed E-state index contributed by atoms with van der Waals surface area (Å²) in [6.45, 7) is 3.66. The van der Waals surface area contributed by atoms with Crippen LogP contribution in [0.25, 0.3) is 0 Å². The van der Waals surface area contributed by atoms with E-state index in [2.05, 4.69) is 25.1 Å². The number of rotatable bonds is 4. The van der Waals surface area contributed by atoms with E-state index in [1.165, 1.54) is 6.34 Å². The minimum atomic E-state index is 0.373. The minimum Gasteiger partial charge on any atom is -0.390 e. The smallest absolute Gasteiger partial charge is 0.150 e. The fourth-order valence-corrected chi connectivity index (χ4v) is 3.94. The van der Waals surface area contributed by atoms with Crippen LogP contribution in [0.15, 0.2) is 28.3 Å². The van der Waals surface area contributed by atoms with Crippen LogP contribution in [-0.2, 0) is 4.74 Å². The molecule has 1 aromatic carbocycles. The van der Waals surface area contributed by atoms with E-state index in [4.69, 9.17) is 33.7 Å². The van der Waals surface area contributed by atoms with Crippen LogP contribution in [0.3, 0.4) is 0 Å². The van der Waals surface area contributed by atoms with E-state index in [0.717, 1.165) is 50.4 Å². The molecule has 7 nitrogen and oxygen atoms in total. The van der Waals surface area contributed by atoms with Crippen molar-refractivity contribution in [2.24, 2.45) is 21.1 Å². The van der Waals surface area contributed by atoms with Crippen molar-refractivity contribution in [3.8, 4) is 0 Å². The highest BCUT2D eigenvalue weighted by molar-refractivity contribution is 6.34. The van der Waals surface area contributed by atoms with Gasteiger partial charge in [-0.15, -0.1) is 0 Å². The first kappa shape index (κ1) is 18.3. The summed E-state index contributed by atoms with van der Waals surface area (Å²) in [4.78, 5) is 10.9. The molecule has 2 aromatic rings. The van der Waals surface area contributed by atoms with Crippen LogP contribution in [0.2, 0.25) is 10.2 Å². The zero-order chi connectivity index (χ0) is 18.9. The number of anilines is 1. The Hall–Kier alpha value is -2.09. The van der Waals surface area contributed by atoms with Crippen molar-refractivity contribution in [3.05, 3.63) is 34.1 Å². The van der Waals surface area contributed by atoms with Crippen molar-refractivity contribution in [1.29, 1.82) is 0 Å². The third-order valence-corrected chi connectivity index (χ3v) is 5.79. The highest BCUT2D eigenvalue weighted by Gasteiger charge is 2.41. The number of H-pyrrole nitrogens is 1. The molecule has 3 heterocycles. The Balaban J connectivity index is 1.60. The summed E-state index contributed by atoms with van der Waals surface area (Å²) in [7, 11) is 0. The molecule has 1 spiro atoms. The Morgan fingerprint density at radius 2 is 1.96 bits per heavy atom. The number of aromatic amines is 1. The summed E-state index contributed by atoms with van der Waals surface area (Å²) in [6, 6.07) is 3.81. The standard InChI is InChI=1S/C18H20Cl2N6O/c19-13-5-12(7-22-15-8-24-25-17(15)20)14(23-11-21)6-16(13)26-3-1-18(2-4-26)9-27-10-18/h5-8,11H,1-4,9-10H2,(H2,21,23)(H,24,25). The van der Waals surface area contributed by atoms with E-state index in [0.29, 0.717) is 27.0 Å². The number of hydrogen-bond acceptors (Lipinski definition) is 5. The van der Waals surface area contributed by atoms with Gasteiger partial charge in [0, 0.05) is 30.3 Å². The van der Waals surface area contributed by atoms with Gasteiger partial charge in [0.15, 0.2) is 0 Å². The number of nitrogens with one attached hydrogen (secondary N) is 1. The SMILES string of the molecule is NC=Nc1cc(N2CCC3(CC2)COC3)c(Cl)cc1C=Nc1cn[nH]c1Cl. The molecule has 2 saturated heterocycles. The molecule has 1 aromatic heterocycles. The average molecular weight is 407 g/mol. The number of ether oxygens (including phenoxy) is 1. The number of nitrogens with two attached hydrogens (primary N) is 1. The Bertz CT molecular complexity index is 880. The molecule has 0 bridgehead atoms. The molecule has 9 heteroatoms. The molecule has 142 valence electrons. The van der Waals surface area contributed by atoms with E-state index >= 15 is 0 Å². The van der Waals surface area contributed by atoms with E-state index in [1.807, 2.05) is 12.1 Å². The Morgan fingerprint density at radius 1 is 1.19 bits per heavy atom. The quantitative estimate of drug-likeness (QED) is 0.597. The van der Waals surface area contributed by atoms with E-state index in [1.54, 1.807) is 12.4 Å². The largest absolute Gasteiger partial charge is 0.390 e. The van der Waals surface area contributed by atoms with Crippen LogP contribution >= 0.6 is 23.2 Å². The first-order valence-corrected chi connectivity index (χ1v) is 9.49. The summed E-state index contributed by atoms with van der Waals surface area (Å²) in [5, 5.41) is 7.52. The van der Waals surface area contributed by atoms with Crippen LogP contribution in [0.5, 0.6) is 0 Å². The van der Waals surface area contributed by atoms with Crippen molar-refractivity contribution in [2.75, 3.05) is 31.2 Å². The average Bonchev–Trinajstić information content (AvgIpc) is 3.05. The molecular formula is C18H20Cl2N6O. The minimum absolute atomic E-state index is 0.373. The molecule has 0 radical (unpaired) electrons. The van der Waals surface area contributed by atoms with Crippen LogP contribution < -0.4 is 10.6 Å². The van der Waals surface area contributed by atoms with Crippen LogP contribution in [0.4, 0.5) is 17.1 Å². The summed E-state index contributed by atoms with van der Waals surface area (Å²) in [5.74, 6) is 0. The molecule has 0 saturated carbocycles. The van der Waals surface area contributed by atoms with Gasteiger partial charge in [-0.3, -0.25) is 10.1 Å². The number of halogens is 2. The van der Waals surface area contributed by atoms with Crippen molar-refractivity contribution >= 4 is 52.8 Å². The van der Waals surface area contributed by atoms with Gasteiger partial charge in [0.05, 0.1) is 42.1 Å². The van der Waals surface area contributed by atoms with E-state index in [-0.39, 0.29) is 0 Å². The number of aliphatic imine (C=N–C) groups is 2. The zero-order valence-electron chi connectivity index (χ0n) is 14.7. The summed E-state index contributed by atoms with van der Waals surface area (Å²) in [5.41, 5.74) is 8.88. The molecule has 27 heavy (non-hydrogen) atoms. The van der Waals surface area contributed by atoms with Crippen molar-refractivity contribution in [2.45, 2.75) is 12.8 Å². The highest BCUT2D eigenvalue weighted by atomic mass is 35.5. The lowest BCUT2D eigenvalue weighted by Gasteiger charge is -2.48. The fraction of sp³-hybridized carbons (Fsp3) is 0.389. The maximum absolute atomic E-state index is 6.59. The lowest BCUT2D eigenvalue weighted by atomic mass is 9.77. The predicted octanol–water partition coefficient (Wildman–Crippen LogP) is 3.70. The highest BCUT2D eigenvalue weighted by Crippen LogP contribution is 2.42. The molecule has 3 N–H and O–H groups in total. The Morgan fingerprint density at radius 3 is 2.56 bits per heavy atom. The van der Waals surface area contributed by atoms with Gasteiger partial charge in [0.1, 0.15) is 10.8 Å². The van der Waals surface area contributed by atoms with Crippen LogP contribution in [0.1, 0.15) is 18.4 Å². The number of benzene rings is 1. The second-order valence-electron chi connectivity index (χ2n) is 6.95. The van der Waals surface area contributed by atoms with Gasteiger partial charge >= 0.3 is 0 Å². The van der Waals surface area contributed by atoms with Gasteiger partial charge in [0.25, 0.3) is 0 Å². The molecule has 0 atom stereocenters. The summed E-state index contributed by atoms with van der Waals surface area (Å²) >= 11 is 12.6. The monoisotopic (exact) mass is 406 g/mol. The first-order chi connectivity index (χ1) is 13.1. The molecule has 0 amide bonds. The summed E-state index contributed by atoms with van der Waals surface area (Å²) in [6.07, 6.45) is 6.70. The van der Waals surface area contributed by atoms with Crippen molar-refractivity contribution < 1.29 is 4.74 Å². The molecule has 4 rings (SSSR count). The Labute approximate surface area is 167 Å². The zero-order valence-corrected chi connectivity index (χ0v) is 16.2. The van der Waals surface area contributed by atoms with Gasteiger partial charge in [-0.25, -0.2) is 4.99 Å². The number of nitrogens with zero attached hydrogens (tertiary/aromatic N) is 4. The van der Waals surface area contributed by atoms with Gasteiger partial charge < -0.3 is 15.4 Å². The number of aromatic nitrogens is 2. The second-order valence-corrected chi connectivity index (χ2v) is 7.73. The predicted molar refractivity (Wildman–Crippen MR) is 109 cm³/mol. The molecule has 2 aliphatic heterocycles. The third-order valence-electron chi connectivity index (χ3n) is 5.21. The number of piperidine rings is 1. The van der Waals surface area contributed by atoms with Gasteiger partial charge in [0.2, 0.25) is 0 Å². The van der Waals surface area contributed by atoms with Crippen molar-refractivity contribution in [1.82, 2.24) is 10.2 Å². The lowest BCUT2D eigenvalue weighted by Crippen LogP contribution is -2.51. The van der Waals surface area contributed by atoms with Gasteiger partial charge in [-0.1, -0.05) is 23.2 Å². The molecule has 0 aliphatic carbocycles. The lowest BCUT2D eigenvalue weighted by molar-refractivity contribution is -0.124. The third kappa shape index (κ3) is 3.67. The summed E-state index contributed by atoms with van der Waals surface area (Å²) < 4.78 is 5.40. The van der Waals surface area contributed by atoms with E-state index < -0.39 is 0 Å². The maximum Gasteiger partial charge on any atom is 0.150 e. The normalized spacial score (nSPS) is 19.3. The molecule has 0 unspecified atom stereocenters. The van der Waals surface area contributed by atoms with Crippen LogP contribution in [0, 0.1) is 5.41 Å². The molecule has 2 fully saturated rings. The fourth-order valence-electron chi connectivity index (χ4n) is 3.50. The van der Waals surface area contributed by atoms with Gasteiger partial charge in [-0.2, -0.15) is 5.10 Å². The Kier molecular flexibility index (Phi) is 5.08.